The lowest BCUT2D eigenvalue weighted by molar-refractivity contribution is 0.650. The molecule has 0 radical (unpaired) electrons. The highest BCUT2D eigenvalue weighted by molar-refractivity contribution is 9.10. The normalized spacial score (nSPS) is 18.6. The van der Waals surface area contributed by atoms with Crippen molar-refractivity contribution in [3.63, 3.8) is 0 Å². The van der Waals surface area contributed by atoms with Crippen molar-refractivity contribution in [2.75, 3.05) is 43.1 Å². The van der Waals surface area contributed by atoms with Gasteiger partial charge >= 0.3 is 0 Å². The van der Waals surface area contributed by atoms with Crippen molar-refractivity contribution in [3.8, 4) is 0 Å². The number of guanidine groups is 1. The number of aliphatic imine (C=N–C) groups is 1. The van der Waals surface area contributed by atoms with E-state index in [-0.39, 0.29) is 0 Å². The molecular weight excluding hydrogens is 360 g/mol. The van der Waals surface area contributed by atoms with Crippen LogP contribution in [0.5, 0.6) is 0 Å². The molecule has 0 saturated carbocycles. The second-order valence-corrected chi connectivity index (χ2v) is 7.21. The summed E-state index contributed by atoms with van der Waals surface area (Å²) in [5, 5.41) is 6.90. The van der Waals surface area contributed by atoms with Crippen molar-refractivity contribution in [1.82, 2.24) is 10.6 Å². The lowest BCUT2D eigenvalue weighted by atomic mass is 10.3. The first kappa shape index (κ1) is 17.5. The van der Waals surface area contributed by atoms with E-state index in [9.17, 15) is 0 Å². The molecular formula is C16H25BrN4S. The average Bonchev–Trinajstić information content (AvgIpc) is 2.97. The lowest BCUT2D eigenvalue weighted by Gasteiger charge is -2.20. The van der Waals surface area contributed by atoms with Gasteiger partial charge in [0.15, 0.2) is 5.96 Å². The molecule has 0 aromatic heterocycles. The van der Waals surface area contributed by atoms with Crippen molar-refractivity contribution in [3.05, 3.63) is 28.7 Å². The van der Waals surface area contributed by atoms with Crippen molar-refractivity contribution in [2.24, 2.45) is 4.99 Å². The molecule has 1 saturated heterocycles. The highest BCUT2D eigenvalue weighted by atomic mass is 79.9. The minimum Gasteiger partial charge on any atom is -0.369 e. The predicted octanol–water partition coefficient (Wildman–Crippen LogP) is 2.95. The molecule has 0 aliphatic carbocycles. The van der Waals surface area contributed by atoms with E-state index >= 15 is 0 Å². The molecule has 0 bridgehead atoms. The van der Waals surface area contributed by atoms with E-state index in [4.69, 9.17) is 0 Å². The number of hydrogen-bond acceptors (Lipinski definition) is 3. The summed E-state index contributed by atoms with van der Waals surface area (Å²) in [6, 6.07) is 9.00. The fourth-order valence-electron chi connectivity index (χ4n) is 2.53. The van der Waals surface area contributed by atoms with E-state index in [1.165, 1.54) is 5.69 Å². The van der Waals surface area contributed by atoms with Gasteiger partial charge in [0, 0.05) is 41.6 Å². The van der Waals surface area contributed by atoms with Crippen LogP contribution in [0.4, 0.5) is 5.69 Å². The molecule has 1 aromatic rings. The lowest BCUT2D eigenvalue weighted by Crippen LogP contribution is -2.44. The zero-order valence-electron chi connectivity index (χ0n) is 13.3. The Morgan fingerprint density at radius 2 is 2.18 bits per heavy atom. The monoisotopic (exact) mass is 384 g/mol. The van der Waals surface area contributed by atoms with Gasteiger partial charge in [0.25, 0.3) is 0 Å². The molecule has 22 heavy (non-hydrogen) atoms. The van der Waals surface area contributed by atoms with Gasteiger partial charge in [-0.15, -0.1) is 0 Å². The van der Waals surface area contributed by atoms with Gasteiger partial charge < -0.3 is 15.5 Å². The van der Waals surface area contributed by atoms with Crippen LogP contribution < -0.4 is 15.5 Å². The molecule has 1 fully saturated rings. The molecule has 2 N–H and O–H groups in total. The Morgan fingerprint density at radius 1 is 1.41 bits per heavy atom. The Balaban J connectivity index is 1.88. The molecule has 1 aliphatic rings. The van der Waals surface area contributed by atoms with Gasteiger partial charge in [0.1, 0.15) is 0 Å². The Bertz CT molecular complexity index is 478. The topological polar surface area (TPSA) is 39.7 Å². The van der Waals surface area contributed by atoms with Crippen molar-refractivity contribution in [1.29, 1.82) is 0 Å². The summed E-state index contributed by atoms with van der Waals surface area (Å²) in [7, 11) is 0. The minimum atomic E-state index is 0.454. The fourth-order valence-corrected chi connectivity index (χ4v) is 3.06. The molecule has 1 aliphatic heterocycles. The van der Waals surface area contributed by atoms with Crippen molar-refractivity contribution >= 4 is 39.3 Å². The highest BCUT2D eigenvalue weighted by Crippen LogP contribution is 2.22. The van der Waals surface area contributed by atoms with Crippen LogP contribution in [-0.2, 0) is 0 Å². The van der Waals surface area contributed by atoms with Crippen LogP contribution >= 0.6 is 27.7 Å². The van der Waals surface area contributed by atoms with Gasteiger partial charge in [0.2, 0.25) is 0 Å². The zero-order chi connectivity index (χ0) is 15.8. The molecule has 6 heteroatoms. The molecule has 0 spiro atoms. The van der Waals surface area contributed by atoms with Crippen LogP contribution in [0.2, 0.25) is 0 Å². The summed E-state index contributed by atoms with van der Waals surface area (Å²) in [6.45, 7) is 5.97. The Hall–Kier alpha value is -0.880. The number of hydrogen-bond donors (Lipinski definition) is 2. The van der Waals surface area contributed by atoms with Crippen LogP contribution in [0.15, 0.2) is 33.7 Å². The zero-order valence-corrected chi connectivity index (χ0v) is 15.7. The first-order valence-corrected chi connectivity index (χ1v) is 9.96. The molecule has 4 nitrogen and oxygen atoms in total. The van der Waals surface area contributed by atoms with Gasteiger partial charge in [0.05, 0.1) is 6.54 Å². The van der Waals surface area contributed by atoms with Gasteiger partial charge in [-0.25, -0.2) is 0 Å². The number of anilines is 1. The molecule has 1 unspecified atom stereocenters. The third kappa shape index (κ3) is 5.39. The standard InChI is InChI=1S/C16H25BrN4S/c1-3-18-16(19-9-11-22-2)20-14-8-10-21(12-14)15-6-4-13(17)5-7-15/h4-7,14H,3,8-12H2,1-2H3,(H2,18,19,20). The molecule has 2 rings (SSSR count). The summed E-state index contributed by atoms with van der Waals surface area (Å²) in [5.74, 6) is 2.01. The molecule has 122 valence electrons. The van der Waals surface area contributed by atoms with Crippen molar-refractivity contribution < 1.29 is 0 Å². The third-order valence-electron chi connectivity index (χ3n) is 3.63. The van der Waals surface area contributed by atoms with E-state index in [0.717, 1.165) is 48.8 Å². The fraction of sp³-hybridized carbons (Fsp3) is 0.562. The number of rotatable bonds is 6. The van der Waals surface area contributed by atoms with E-state index in [0.29, 0.717) is 6.04 Å². The summed E-state index contributed by atoms with van der Waals surface area (Å²) in [5.41, 5.74) is 1.29. The van der Waals surface area contributed by atoms with Crippen LogP contribution in [0, 0.1) is 0 Å². The summed E-state index contributed by atoms with van der Waals surface area (Å²) in [4.78, 5) is 7.05. The number of nitrogens with one attached hydrogen (secondary N) is 2. The maximum atomic E-state index is 4.62. The maximum Gasteiger partial charge on any atom is 0.191 e. The quantitative estimate of drug-likeness (QED) is 0.449. The Morgan fingerprint density at radius 3 is 2.86 bits per heavy atom. The van der Waals surface area contributed by atoms with Gasteiger partial charge in [-0.3, -0.25) is 4.99 Å². The molecule has 1 atom stereocenters. The van der Waals surface area contributed by atoms with E-state index in [2.05, 4.69) is 73.9 Å². The van der Waals surface area contributed by atoms with Crippen LogP contribution in [0.3, 0.4) is 0 Å². The number of halogens is 1. The van der Waals surface area contributed by atoms with Gasteiger partial charge in [-0.2, -0.15) is 11.8 Å². The van der Waals surface area contributed by atoms with Gasteiger partial charge in [-0.05, 0) is 43.9 Å². The summed E-state index contributed by atoms with van der Waals surface area (Å²) >= 11 is 5.32. The summed E-state index contributed by atoms with van der Waals surface area (Å²) < 4.78 is 1.13. The molecule has 1 heterocycles. The third-order valence-corrected chi connectivity index (χ3v) is 4.75. The SMILES string of the molecule is CCNC(=NCCSC)NC1CCN(c2ccc(Br)cc2)C1. The van der Waals surface area contributed by atoms with Crippen LogP contribution in [0.1, 0.15) is 13.3 Å². The smallest absolute Gasteiger partial charge is 0.191 e. The van der Waals surface area contributed by atoms with E-state index in [1.54, 1.807) is 0 Å². The minimum absolute atomic E-state index is 0.454. The maximum absolute atomic E-state index is 4.62. The van der Waals surface area contributed by atoms with Gasteiger partial charge in [-0.1, -0.05) is 15.9 Å². The largest absolute Gasteiger partial charge is 0.369 e. The average molecular weight is 385 g/mol. The first-order chi connectivity index (χ1) is 10.7. The van der Waals surface area contributed by atoms with E-state index in [1.807, 2.05) is 11.8 Å². The van der Waals surface area contributed by atoms with Crippen LogP contribution in [0.25, 0.3) is 0 Å². The highest BCUT2D eigenvalue weighted by Gasteiger charge is 2.23. The van der Waals surface area contributed by atoms with E-state index < -0.39 is 0 Å². The molecule has 1 aromatic carbocycles. The first-order valence-electron chi connectivity index (χ1n) is 7.77. The summed E-state index contributed by atoms with van der Waals surface area (Å²) in [6.07, 6.45) is 3.26. The predicted molar refractivity (Wildman–Crippen MR) is 102 cm³/mol. The molecule has 0 amide bonds. The second-order valence-electron chi connectivity index (χ2n) is 5.31. The van der Waals surface area contributed by atoms with Crippen molar-refractivity contribution in [2.45, 2.75) is 19.4 Å². The number of benzene rings is 1. The Labute approximate surface area is 146 Å². The Kier molecular flexibility index (Phi) is 7.39. The second kappa shape index (κ2) is 9.30. The number of nitrogens with zero attached hydrogens (tertiary/aromatic N) is 2. The number of thioether (sulfide) groups is 1. The van der Waals surface area contributed by atoms with Crippen LogP contribution in [-0.4, -0.2) is 50.2 Å².